The molecule has 0 aromatic carbocycles. The monoisotopic (exact) mass is 442 g/mol. The maximum atomic E-state index is 11.7. The maximum Gasteiger partial charge on any atom is 0.0608 e. The molecule has 5 rings (SSSR count). The number of aliphatic hydroxyl groups is 2. The minimum Gasteiger partial charge on any atom is -0.393 e. The molecule has 32 heavy (non-hydrogen) atoms. The van der Waals surface area contributed by atoms with E-state index in [1.165, 1.54) is 32.1 Å². The number of hydrogen-bond acceptors (Lipinski definition) is 2. The molecule has 0 aromatic heterocycles. The van der Waals surface area contributed by atoms with Crippen LogP contribution in [0.2, 0.25) is 0 Å². The van der Waals surface area contributed by atoms with Crippen molar-refractivity contribution in [3.8, 4) is 0 Å². The lowest BCUT2D eigenvalue weighted by molar-refractivity contribution is -0.215. The number of allylic oxidation sites excluding steroid dienone is 2. The lowest BCUT2D eigenvalue weighted by atomic mass is 9.33. The highest BCUT2D eigenvalue weighted by Crippen LogP contribution is 2.75. The molecule has 2 nitrogen and oxygen atoms in total. The summed E-state index contributed by atoms with van der Waals surface area (Å²) >= 11 is 0. The van der Waals surface area contributed by atoms with Crippen molar-refractivity contribution >= 4 is 0 Å². The van der Waals surface area contributed by atoms with Crippen molar-refractivity contribution in [1.82, 2.24) is 0 Å². The van der Waals surface area contributed by atoms with Gasteiger partial charge in [0.05, 0.1) is 12.2 Å². The molecule has 4 fully saturated rings. The predicted octanol–water partition coefficient (Wildman–Crippen LogP) is 7.00. The first-order valence-electron chi connectivity index (χ1n) is 13.8. The lowest BCUT2D eigenvalue weighted by Gasteiger charge is -2.72. The van der Waals surface area contributed by atoms with Gasteiger partial charge < -0.3 is 10.2 Å². The Bertz CT molecular complexity index is 814. The van der Waals surface area contributed by atoms with Crippen LogP contribution in [0.5, 0.6) is 0 Å². The van der Waals surface area contributed by atoms with Gasteiger partial charge in [-0.05, 0) is 103 Å². The molecule has 0 bridgehead atoms. The Hall–Kier alpha value is -0.340. The van der Waals surface area contributed by atoms with Crippen LogP contribution in [0, 0.1) is 56.7 Å². The van der Waals surface area contributed by atoms with Crippen molar-refractivity contribution in [2.24, 2.45) is 56.7 Å². The van der Waals surface area contributed by atoms with Gasteiger partial charge in [0, 0.05) is 5.41 Å². The average molecular weight is 443 g/mol. The molecular formula is C30H50O2. The topological polar surface area (TPSA) is 40.5 Å². The molecule has 5 aliphatic rings. The molecular weight excluding hydrogens is 392 g/mol. The first-order valence-corrected chi connectivity index (χ1v) is 13.8. The number of hydrogen-bond donors (Lipinski definition) is 2. The van der Waals surface area contributed by atoms with Crippen LogP contribution in [0.25, 0.3) is 0 Å². The van der Waals surface area contributed by atoms with E-state index in [-0.39, 0.29) is 39.3 Å². The minimum atomic E-state index is -0.199. The standard InChI is InChI=1S/C30H50O2/c1-18-11-14-28(6)24(32)17-30(8)20(25(28)19(18)2)9-10-22-27(5)15-13-23(31)26(3,4)21(27)12-16-29(22,30)7/h9,18-19,21-25,31-32H,10-17H2,1-8H3/t18-,19+,21-,22-,23-,24+,25+,27+,28-,29-,30-/m1/s1. The van der Waals surface area contributed by atoms with E-state index in [0.29, 0.717) is 23.7 Å². The van der Waals surface area contributed by atoms with E-state index < -0.39 is 0 Å². The van der Waals surface area contributed by atoms with Crippen LogP contribution in [-0.4, -0.2) is 22.4 Å². The minimum absolute atomic E-state index is 0.00278. The van der Waals surface area contributed by atoms with Crippen molar-refractivity contribution in [2.45, 2.75) is 119 Å². The summed E-state index contributed by atoms with van der Waals surface area (Å²) < 4.78 is 0. The summed E-state index contributed by atoms with van der Waals surface area (Å²) in [6.45, 7) is 19.7. The highest BCUT2D eigenvalue weighted by molar-refractivity contribution is 5.35. The summed E-state index contributed by atoms with van der Waals surface area (Å²) in [7, 11) is 0. The Balaban J connectivity index is 1.61. The van der Waals surface area contributed by atoms with Crippen molar-refractivity contribution in [2.75, 3.05) is 0 Å². The summed E-state index contributed by atoms with van der Waals surface area (Å²) in [4.78, 5) is 0. The zero-order valence-electron chi connectivity index (χ0n) is 22.2. The van der Waals surface area contributed by atoms with Gasteiger partial charge in [0.2, 0.25) is 0 Å². The third-order valence-electron chi connectivity index (χ3n) is 13.5. The average Bonchev–Trinajstić information content (AvgIpc) is 2.70. The van der Waals surface area contributed by atoms with Gasteiger partial charge in [0.1, 0.15) is 0 Å². The predicted molar refractivity (Wildman–Crippen MR) is 132 cm³/mol. The van der Waals surface area contributed by atoms with Crippen LogP contribution in [-0.2, 0) is 0 Å². The molecule has 0 saturated heterocycles. The second-order valence-corrected chi connectivity index (χ2v) is 14.7. The normalized spacial score (nSPS) is 59.2. The molecule has 0 unspecified atom stereocenters. The molecule has 0 radical (unpaired) electrons. The summed E-state index contributed by atoms with van der Waals surface area (Å²) in [5, 5.41) is 22.6. The summed E-state index contributed by atoms with van der Waals surface area (Å²) in [6.07, 6.45) is 11.4. The van der Waals surface area contributed by atoms with E-state index >= 15 is 0 Å². The number of rotatable bonds is 0. The van der Waals surface area contributed by atoms with Crippen molar-refractivity contribution < 1.29 is 10.2 Å². The Labute approximate surface area is 197 Å². The summed E-state index contributed by atoms with van der Waals surface area (Å²) in [6, 6.07) is 0. The Morgan fingerprint density at radius 3 is 2.12 bits per heavy atom. The molecule has 11 atom stereocenters. The molecule has 0 heterocycles. The van der Waals surface area contributed by atoms with Gasteiger partial charge in [-0.1, -0.05) is 67.0 Å². The van der Waals surface area contributed by atoms with E-state index in [9.17, 15) is 10.2 Å². The largest absolute Gasteiger partial charge is 0.393 e. The number of fused-ring (bicyclic) bond motifs is 7. The van der Waals surface area contributed by atoms with Gasteiger partial charge in [-0.25, -0.2) is 0 Å². The quantitative estimate of drug-likeness (QED) is 0.397. The first-order chi connectivity index (χ1) is 14.7. The maximum absolute atomic E-state index is 11.7. The van der Waals surface area contributed by atoms with Crippen LogP contribution in [0.4, 0.5) is 0 Å². The third kappa shape index (κ3) is 2.61. The zero-order valence-corrected chi connectivity index (χ0v) is 22.2. The van der Waals surface area contributed by atoms with E-state index in [0.717, 1.165) is 25.2 Å². The molecule has 0 spiro atoms. The molecule has 0 aliphatic heterocycles. The van der Waals surface area contributed by atoms with Gasteiger partial charge in [0.25, 0.3) is 0 Å². The van der Waals surface area contributed by atoms with Gasteiger partial charge in [-0.3, -0.25) is 0 Å². The van der Waals surface area contributed by atoms with Crippen LogP contribution >= 0.6 is 0 Å². The van der Waals surface area contributed by atoms with Gasteiger partial charge in [0.15, 0.2) is 0 Å². The van der Waals surface area contributed by atoms with Crippen molar-refractivity contribution in [1.29, 1.82) is 0 Å². The zero-order chi connectivity index (χ0) is 23.5. The van der Waals surface area contributed by atoms with Crippen molar-refractivity contribution in [3.63, 3.8) is 0 Å². The first kappa shape index (κ1) is 23.4. The van der Waals surface area contributed by atoms with Gasteiger partial charge >= 0.3 is 0 Å². The van der Waals surface area contributed by atoms with Crippen LogP contribution in [0.3, 0.4) is 0 Å². The fraction of sp³-hybridized carbons (Fsp3) is 0.933. The van der Waals surface area contributed by atoms with Crippen LogP contribution in [0.1, 0.15) is 107 Å². The molecule has 182 valence electrons. The van der Waals surface area contributed by atoms with Crippen molar-refractivity contribution in [3.05, 3.63) is 11.6 Å². The van der Waals surface area contributed by atoms with E-state index in [2.05, 4.69) is 61.5 Å². The van der Waals surface area contributed by atoms with Gasteiger partial charge in [-0.2, -0.15) is 0 Å². The third-order valence-corrected chi connectivity index (χ3v) is 13.5. The van der Waals surface area contributed by atoms with Crippen LogP contribution < -0.4 is 0 Å². The molecule has 4 saturated carbocycles. The Morgan fingerprint density at radius 1 is 0.781 bits per heavy atom. The molecule has 0 amide bonds. The van der Waals surface area contributed by atoms with Crippen LogP contribution in [0.15, 0.2) is 11.6 Å². The van der Waals surface area contributed by atoms with E-state index in [1.54, 1.807) is 5.57 Å². The number of aliphatic hydroxyl groups excluding tert-OH is 2. The Morgan fingerprint density at radius 2 is 1.44 bits per heavy atom. The molecule has 2 heteroatoms. The SMILES string of the molecule is C[C@H]1[C@H](C)CC[C@@]2(C)[C@@H]1C1=CC[C@@H]3[C@@]4(C)CC[C@@H](O)C(C)(C)[C@H]4CC[C@@]3(C)[C@]1(C)C[C@@H]2O. The Kier molecular flexibility index (Phi) is 5.02. The fourth-order valence-corrected chi connectivity index (χ4v) is 10.9. The highest BCUT2D eigenvalue weighted by atomic mass is 16.3. The second-order valence-electron chi connectivity index (χ2n) is 14.7. The van der Waals surface area contributed by atoms with E-state index in [4.69, 9.17) is 0 Å². The second kappa shape index (κ2) is 6.87. The smallest absolute Gasteiger partial charge is 0.0608 e. The summed E-state index contributed by atoms with van der Waals surface area (Å²) in [5.41, 5.74) is 2.34. The molecule has 0 aromatic rings. The highest BCUT2D eigenvalue weighted by Gasteiger charge is 2.69. The van der Waals surface area contributed by atoms with E-state index in [1.807, 2.05) is 0 Å². The summed E-state index contributed by atoms with van der Waals surface area (Å²) in [5.74, 6) is 3.13. The lowest BCUT2D eigenvalue weighted by Crippen LogP contribution is -2.66. The fourth-order valence-electron chi connectivity index (χ4n) is 10.9. The molecule has 5 aliphatic carbocycles. The molecule has 2 N–H and O–H groups in total. The van der Waals surface area contributed by atoms with Gasteiger partial charge in [-0.15, -0.1) is 0 Å².